The van der Waals surface area contributed by atoms with Crippen molar-refractivity contribution in [1.82, 2.24) is 0 Å². The first kappa shape index (κ1) is 11.2. The van der Waals surface area contributed by atoms with Crippen molar-refractivity contribution < 1.29 is 14.3 Å². The molecule has 0 rings (SSSR count). The normalized spacial score (nSPS) is 11.3. The van der Waals surface area contributed by atoms with E-state index in [0.29, 0.717) is 13.2 Å². The van der Waals surface area contributed by atoms with Gasteiger partial charge in [-0.25, -0.2) is 0 Å². The molecule has 4 heteroatoms. The maximum Gasteiger partial charge on any atom is 0.321 e. The van der Waals surface area contributed by atoms with Gasteiger partial charge in [0.15, 0.2) is 0 Å². The highest BCUT2D eigenvalue weighted by molar-refractivity contribution is 14.1. The fraction of sp³-hybridized carbons (Fsp3) is 0.857. The molecule has 0 aliphatic carbocycles. The average Bonchev–Trinajstić information content (AvgIpc) is 1.86. The number of ether oxygens (including phenoxy) is 2. The van der Waals surface area contributed by atoms with Crippen LogP contribution < -0.4 is 0 Å². The van der Waals surface area contributed by atoms with E-state index < -0.39 is 3.42 Å². The molecule has 0 amide bonds. The summed E-state index contributed by atoms with van der Waals surface area (Å²) in [5.74, 6) is -0.199. The highest BCUT2D eigenvalue weighted by Gasteiger charge is 2.24. The molecule has 0 aromatic carbocycles. The number of alkyl halides is 1. The number of carbonyl (C=O) groups excluding carboxylic acids is 1. The number of esters is 1. The van der Waals surface area contributed by atoms with Crippen molar-refractivity contribution >= 4 is 28.6 Å². The molecule has 0 fully saturated rings. The Kier molecular flexibility index (Phi) is 4.99. The Bertz CT molecular complexity index is 128. The third-order valence-electron chi connectivity index (χ3n) is 1.01. The van der Waals surface area contributed by atoms with Crippen LogP contribution in [0, 0.1) is 0 Å². The van der Waals surface area contributed by atoms with E-state index >= 15 is 0 Å². The lowest BCUT2D eigenvalue weighted by Crippen LogP contribution is -2.27. The van der Waals surface area contributed by atoms with Gasteiger partial charge in [-0.05, 0) is 13.8 Å². The summed E-state index contributed by atoms with van der Waals surface area (Å²) in [7, 11) is 1.57. The van der Waals surface area contributed by atoms with Gasteiger partial charge in [0.25, 0.3) is 0 Å². The number of rotatable bonds is 4. The summed E-state index contributed by atoms with van der Waals surface area (Å²) >= 11 is 2.04. The van der Waals surface area contributed by atoms with Crippen LogP contribution >= 0.6 is 22.6 Å². The summed E-state index contributed by atoms with van der Waals surface area (Å²) in [5.41, 5.74) is 0. The van der Waals surface area contributed by atoms with Gasteiger partial charge in [-0.1, -0.05) is 22.6 Å². The van der Waals surface area contributed by atoms with Crippen molar-refractivity contribution in [3.63, 3.8) is 0 Å². The van der Waals surface area contributed by atoms with Gasteiger partial charge in [0.1, 0.15) is 10.0 Å². The van der Waals surface area contributed by atoms with Crippen molar-refractivity contribution in [2.24, 2.45) is 0 Å². The summed E-state index contributed by atoms with van der Waals surface area (Å²) in [5, 5.41) is 0. The third kappa shape index (κ3) is 5.43. The molecular formula is C7H13IO3. The maximum atomic E-state index is 11.1. The van der Waals surface area contributed by atoms with Gasteiger partial charge in [-0.3, -0.25) is 4.79 Å². The van der Waals surface area contributed by atoms with Gasteiger partial charge in [0, 0.05) is 7.11 Å². The highest BCUT2D eigenvalue weighted by Crippen LogP contribution is 2.17. The Morgan fingerprint density at radius 2 is 2.00 bits per heavy atom. The fourth-order valence-corrected chi connectivity index (χ4v) is 0.545. The minimum absolute atomic E-state index is 0.199. The summed E-state index contributed by atoms with van der Waals surface area (Å²) in [4.78, 5) is 11.1. The smallest absolute Gasteiger partial charge is 0.321 e. The number of hydrogen-bond donors (Lipinski definition) is 0. The molecule has 0 aromatic rings. The molecule has 0 saturated heterocycles. The summed E-state index contributed by atoms with van der Waals surface area (Å²) in [6, 6.07) is 0. The van der Waals surface area contributed by atoms with E-state index in [0.717, 1.165) is 0 Å². The Hall–Kier alpha value is 0.160. The summed E-state index contributed by atoms with van der Waals surface area (Å²) in [6.45, 7) is 4.41. The lowest BCUT2D eigenvalue weighted by atomic mass is 10.2. The molecule has 0 N–H and O–H groups in total. The van der Waals surface area contributed by atoms with Gasteiger partial charge in [-0.15, -0.1) is 0 Å². The SMILES string of the molecule is COCCOC(=O)C(C)(C)I. The molecule has 0 radical (unpaired) electrons. The van der Waals surface area contributed by atoms with Gasteiger partial charge in [0.2, 0.25) is 0 Å². The molecule has 0 aliphatic rings. The van der Waals surface area contributed by atoms with Crippen LogP contribution in [0.2, 0.25) is 0 Å². The molecule has 0 aliphatic heterocycles. The van der Waals surface area contributed by atoms with E-state index in [9.17, 15) is 4.79 Å². The second-order valence-electron chi connectivity index (χ2n) is 2.60. The molecule has 11 heavy (non-hydrogen) atoms. The van der Waals surface area contributed by atoms with Crippen molar-refractivity contribution in [2.45, 2.75) is 17.3 Å². The van der Waals surface area contributed by atoms with E-state index in [2.05, 4.69) is 0 Å². The van der Waals surface area contributed by atoms with Gasteiger partial charge in [-0.2, -0.15) is 0 Å². The van der Waals surface area contributed by atoms with Crippen molar-refractivity contribution in [3.8, 4) is 0 Å². The minimum Gasteiger partial charge on any atom is -0.462 e. The molecular weight excluding hydrogens is 259 g/mol. The zero-order valence-corrected chi connectivity index (χ0v) is 9.17. The Morgan fingerprint density at radius 3 is 2.36 bits per heavy atom. The Morgan fingerprint density at radius 1 is 1.45 bits per heavy atom. The van der Waals surface area contributed by atoms with Crippen LogP contribution in [0.15, 0.2) is 0 Å². The van der Waals surface area contributed by atoms with Crippen molar-refractivity contribution in [3.05, 3.63) is 0 Å². The van der Waals surface area contributed by atoms with E-state index in [1.807, 2.05) is 36.4 Å². The first-order chi connectivity index (χ1) is 4.98. The number of methoxy groups -OCH3 is 1. The fourth-order valence-electron chi connectivity index (χ4n) is 0.389. The average molecular weight is 272 g/mol. The number of halogens is 1. The van der Waals surface area contributed by atoms with Crippen LogP contribution in [0.4, 0.5) is 0 Å². The molecule has 0 bridgehead atoms. The van der Waals surface area contributed by atoms with Crippen LogP contribution in [0.3, 0.4) is 0 Å². The molecule has 3 nitrogen and oxygen atoms in total. The topological polar surface area (TPSA) is 35.5 Å². The lowest BCUT2D eigenvalue weighted by molar-refractivity contribution is -0.146. The standard InChI is InChI=1S/C7H13IO3/c1-7(2,8)6(9)11-5-4-10-3/h4-5H2,1-3H3. The predicted molar refractivity (Wildman–Crippen MR) is 50.9 cm³/mol. The molecule has 0 atom stereocenters. The van der Waals surface area contributed by atoms with E-state index in [4.69, 9.17) is 9.47 Å². The zero-order chi connectivity index (χ0) is 8.91. The van der Waals surface area contributed by atoms with Crippen molar-refractivity contribution in [2.75, 3.05) is 20.3 Å². The molecule has 0 spiro atoms. The van der Waals surface area contributed by atoms with Crippen LogP contribution in [0.1, 0.15) is 13.8 Å². The van der Waals surface area contributed by atoms with Crippen LogP contribution in [0.25, 0.3) is 0 Å². The Labute approximate surface area is 80.6 Å². The van der Waals surface area contributed by atoms with Gasteiger partial charge < -0.3 is 9.47 Å². The number of hydrogen-bond acceptors (Lipinski definition) is 3. The van der Waals surface area contributed by atoms with Crippen LogP contribution in [-0.4, -0.2) is 29.7 Å². The first-order valence-corrected chi connectivity index (χ1v) is 4.41. The van der Waals surface area contributed by atoms with Gasteiger partial charge >= 0.3 is 5.97 Å². The summed E-state index contributed by atoms with van der Waals surface area (Å²) < 4.78 is 9.16. The van der Waals surface area contributed by atoms with Crippen LogP contribution in [-0.2, 0) is 14.3 Å². The second-order valence-corrected chi connectivity index (χ2v) is 5.30. The summed E-state index contributed by atoms with van der Waals surface area (Å²) in [6.07, 6.45) is 0. The van der Waals surface area contributed by atoms with E-state index in [-0.39, 0.29) is 5.97 Å². The quantitative estimate of drug-likeness (QED) is 0.336. The molecule has 0 unspecified atom stereocenters. The van der Waals surface area contributed by atoms with E-state index in [1.165, 1.54) is 0 Å². The third-order valence-corrected chi connectivity index (χ3v) is 1.45. The Balaban J connectivity index is 3.54. The maximum absolute atomic E-state index is 11.1. The van der Waals surface area contributed by atoms with Gasteiger partial charge in [0.05, 0.1) is 6.61 Å². The minimum atomic E-state index is -0.439. The second kappa shape index (κ2) is 4.92. The molecule has 66 valence electrons. The highest BCUT2D eigenvalue weighted by atomic mass is 127. The lowest BCUT2D eigenvalue weighted by Gasteiger charge is -2.14. The van der Waals surface area contributed by atoms with Crippen LogP contribution in [0.5, 0.6) is 0 Å². The molecule has 0 saturated carbocycles. The van der Waals surface area contributed by atoms with Crippen molar-refractivity contribution in [1.29, 1.82) is 0 Å². The molecule has 0 heterocycles. The monoisotopic (exact) mass is 272 g/mol. The van der Waals surface area contributed by atoms with E-state index in [1.54, 1.807) is 7.11 Å². The first-order valence-electron chi connectivity index (χ1n) is 3.33. The number of carbonyl (C=O) groups is 1. The zero-order valence-electron chi connectivity index (χ0n) is 7.02. The molecule has 0 aromatic heterocycles. The predicted octanol–water partition coefficient (Wildman–Crippen LogP) is 1.39. The largest absolute Gasteiger partial charge is 0.462 e.